The molecule has 1 unspecified atom stereocenters. The van der Waals surface area contributed by atoms with Crippen LogP contribution in [-0.4, -0.2) is 42.3 Å². The molecular weight excluding hydrogens is 208 g/mol. The number of rotatable bonds is 3. The zero-order valence-electron chi connectivity index (χ0n) is 8.56. The van der Waals surface area contributed by atoms with E-state index in [1.807, 2.05) is 0 Å². The highest BCUT2D eigenvalue weighted by atomic mass is 19.3. The van der Waals surface area contributed by atoms with Gasteiger partial charge in [0, 0.05) is 6.54 Å². The molecule has 1 heterocycles. The summed E-state index contributed by atoms with van der Waals surface area (Å²) in [5.74, 6) is -5.51. The van der Waals surface area contributed by atoms with Crippen molar-refractivity contribution in [1.29, 1.82) is 0 Å². The van der Waals surface area contributed by atoms with Crippen LogP contribution in [-0.2, 0) is 9.53 Å². The molecule has 2 N–H and O–H groups in total. The predicted octanol–water partition coefficient (Wildman–Crippen LogP) is 0.299. The third kappa shape index (κ3) is 2.26. The molecule has 1 aliphatic heterocycles. The van der Waals surface area contributed by atoms with Crippen LogP contribution in [0.4, 0.5) is 8.78 Å². The summed E-state index contributed by atoms with van der Waals surface area (Å²) >= 11 is 0. The average Bonchev–Trinajstić information content (AvgIpc) is 2.19. The molecule has 1 atom stereocenters. The first-order valence-electron chi connectivity index (χ1n) is 4.92. The van der Waals surface area contributed by atoms with Crippen molar-refractivity contribution in [2.45, 2.75) is 31.3 Å². The van der Waals surface area contributed by atoms with Crippen LogP contribution in [0.3, 0.4) is 0 Å². The van der Waals surface area contributed by atoms with Gasteiger partial charge in [0.15, 0.2) is 5.60 Å². The largest absolute Gasteiger partial charge is 0.461 e. The molecule has 88 valence electrons. The first-order chi connectivity index (χ1) is 6.94. The monoisotopic (exact) mass is 223 g/mol. The third-order valence-corrected chi connectivity index (χ3v) is 2.48. The summed E-state index contributed by atoms with van der Waals surface area (Å²) in [7, 11) is 0. The fraction of sp³-hybridized carbons (Fsp3) is 0.889. The van der Waals surface area contributed by atoms with Crippen LogP contribution in [0.1, 0.15) is 19.8 Å². The first-order valence-corrected chi connectivity index (χ1v) is 4.92. The third-order valence-electron chi connectivity index (χ3n) is 2.48. The Labute approximate surface area is 86.6 Å². The lowest BCUT2D eigenvalue weighted by Crippen LogP contribution is -2.61. The van der Waals surface area contributed by atoms with Gasteiger partial charge in [-0.15, -0.1) is 0 Å². The quantitative estimate of drug-likeness (QED) is 0.676. The van der Waals surface area contributed by atoms with Gasteiger partial charge in [0.25, 0.3) is 0 Å². The van der Waals surface area contributed by atoms with Gasteiger partial charge < -0.3 is 15.2 Å². The van der Waals surface area contributed by atoms with E-state index in [4.69, 9.17) is 0 Å². The van der Waals surface area contributed by atoms with E-state index in [1.165, 1.54) is 6.92 Å². The Bertz CT molecular complexity index is 240. The summed E-state index contributed by atoms with van der Waals surface area (Å²) in [6.45, 7) is 1.59. The zero-order valence-corrected chi connectivity index (χ0v) is 8.56. The van der Waals surface area contributed by atoms with Gasteiger partial charge in [-0.3, -0.25) is 0 Å². The minimum Gasteiger partial charge on any atom is -0.461 e. The fourth-order valence-electron chi connectivity index (χ4n) is 1.57. The standard InChI is InChI=1S/C9H15F2NO3/c1-2-15-7(13)9(10,11)8(14)4-3-5-12-6-8/h12,14H,2-6H2,1H3. The average molecular weight is 223 g/mol. The number of alkyl halides is 2. The second kappa shape index (κ2) is 4.40. The summed E-state index contributed by atoms with van der Waals surface area (Å²) in [5, 5.41) is 12.3. The molecule has 0 saturated carbocycles. The lowest BCUT2D eigenvalue weighted by atomic mass is 9.87. The Morgan fingerprint density at radius 2 is 2.33 bits per heavy atom. The molecular formula is C9H15F2NO3. The molecule has 4 nitrogen and oxygen atoms in total. The molecule has 0 aromatic carbocycles. The molecule has 0 radical (unpaired) electrons. The van der Waals surface area contributed by atoms with Crippen molar-refractivity contribution in [3.8, 4) is 0 Å². The maximum absolute atomic E-state index is 13.5. The minimum atomic E-state index is -3.85. The number of hydrogen-bond acceptors (Lipinski definition) is 4. The summed E-state index contributed by atoms with van der Waals surface area (Å²) < 4.78 is 31.3. The van der Waals surface area contributed by atoms with Gasteiger partial charge in [0.1, 0.15) is 0 Å². The number of esters is 1. The van der Waals surface area contributed by atoms with Crippen LogP contribution in [0.15, 0.2) is 0 Å². The van der Waals surface area contributed by atoms with Crippen LogP contribution in [0.5, 0.6) is 0 Å². The van der Waals surface area contributed by atoms with E-state index in [9.17, 15) is 18.7 Å². The molecule has 15 heavy (non-hydrogen) atoms. The molecule has 1 rings (SSSR count). The molecule has 1 fully saturated rings. The second-order valence-corrected chi connectivity index (χ2v) is 3.61. The number of ether oxygens (including phenoxy) is 1. The van der Waals surface area contributed by atoms with Crippen LogP contribution < -0.4 is 5.32 Å². The molecule has 0 aliphatic carbocycles. The van der Waals surface area contributed by atoms with E-state index in [1.54, 1.807) is 0 Å². The number of aliphatic hydroxyl groups is 1. The Morgan fingerprint density at radius 1 is 1.67 bits per heavy atom. The SMILES string of the molecule is CCOC(=O)C(F)(F)C1(O)CCCNC1. The van der Waals surface area contributed by atoms with Crippen LogP contribution in [0.2, 0.25) is 0 Å². The normalized spacial score (nSPS) is 27.5. The van der Waals surface area contributed by atoms with Crippen LogP contribution in [0.25, 0.3) is 0 Å². The van der Waals surface area contributed by atoms with Gasteiger partial charge in [-0.25, -0.2) is 4.79 Å². The Morgan fingerprint density at radius 3 is 2.80 bits per heavy atom. The van der Waals surface area contributed by atoms with Crippen molar-refractivity contribution in [3.05, 3.63) is 0 Å². The Hall–Kier alpha value is -0.750. The molecule has 0 amide bonds. The van der Waals surface area contributed by atoms with E-state index in [0.717, 1.165) is 0 Å². The Balaban J connectivity index is 2.77. The summed E-state index contributed by atoms with van der Waals surface area (Å²) in [6.07, 6.45) is 0.303. The van der Waals surface area contributed by atoms with Crippen molar-refractivity contribution >= 4 is 5.97 Å². The van der Waals surface area contributed by atoms with E-state index >= 15 is 0 Å². The first kappa shape index (κ1) is 12.3. The number of β-amino-alcohol motifs (C(OH)–C–C–N with tert-alkyl or cyclic N) is 1. The van der Waals surface area contributed by atoms with Gasteiger partial charge in [0.2, 0.25) is 0 Å². The van der Waals surface area contributed by atoms with Crippen molar-refractivity contribution < 1.29 is 23.4 Å². The molecule has 6 heteroatoms. The number of hydrogen-bond donors (Lipinski definition) is 2. The van der Waals surface area contributed by atoms with Crippen molar-refractivity contribution in [3.63, 3.8) is 0 Å². The minimum absolute atomic E-state index is 0.105. The smallest absolute Gasteiger partial charge is 0.380 e. The zero-order chi connectivity index (χ0) is 11.5. The molecule has 1 aliphatic rings. The van der Waals surface area contributed by atoms with E-state index in [2.05, 4.69) is 10.1 Å². The van der Waals surface area contributed by atoms with Crippen molar-refractivity contribution in [2.24, 2.45) is 0 Å². The number of piperidine rings is 1. The van der Waals surface area contributed by atoms with E-state index in [0.29, 0.717) is 13.0 Å². The number of halogens is 2. The Kier molecular flexibility index (Phi) is 3.62. The van der Waals surface area contributed by atoms with E-state index in [-0.39, 0.29) is 19.6 Å². The molecule has 0 aromatic heterocycles. The molecule has 1 saturated heterocycles. The van der Waals surface area contributed by atoms with Gasteiger partial charge in [-0.05, 0) is 26.3 Å². The lowest BCUT2D eigenvalue weighted by molar-refractivity contribution is -0.216. The highest BCUT2D eigenvalue weighted by molar-refractivity contribution is 5.79. The van der Waals surface area contributed by atoms with E-state index < -0.39 is 17.5 Å². The number of carbonyl (C=O) groups excluding carboxylic acids is 1. The van der Waals surface area contributed by atoms with Gasteiger partial charge >= 0.3 is 11.9 Å². The highest BCUT2D eigenvalue weighted by Crippen LogP contribution is 2.35. The van der Waals surface area contributed by atoms with Gasteiger partial charge in [-0.2, -0.15) is 8.78 Å². The molecule has 0 bridgehead atoms. The highest BCUT2D eigenvalue weighted by Gasteiger charge is 2.59. The molecule has 0 aromatic rings. The van der Waals surface area contributed by atoms with Crippen LogP contribution >= 0.6 is 0 Å². The number of nitrogens with one attached hydrogen (secondary N) is 1. The number of carbonyl (C=O) groups is 1. The van der Waals surface area contributed by atoms with Crippen LogP contribution in [0, 0.1) is 0 Å². The summed E-state index contributed by atoms with van der Waals surface area (Å²) in [5.41, 5.74) is -2.32. The second-order valence-electron chi connectivity index (χ2n) is 3.61. The van der Waals surface area contributed by atoms with Gasteiger partial charge in [-0.1, -0.05) is 0 Å². The summed E-state index contributed by atoms with van der Waals surface area (Å²) in [6, 6.07) is 0. The molecule has 0 spiro atoms. The topological polar surface area (TPSA) is 58.6 Å². The maximum atomic E-state index is 13.5. The van der Waals surface area contributed by atoms with Crippen molar-refractivity contribution in [2.75, 3.05) is 19.7 Å². The van der Waals surface area contributed by atoms with Crippen molar-refractivity contribution in [1.82, 2.24) is 5.32 Å². The lowest BCUT2D eigenvalue weighted by Gasteiger charge is -2.37. The fourth-order valence-corrected chi connectivity index (χ4v) is 1.57. The van der Waals surface area contributed by atoms with Gasteiger partial charge in [0.05, 0.1) is 6.61 Å². The maximum Gasteiger partial charge on any atom is 0.380 e. The predicted molar refractivity (Wildman–Crippen MR) is 48.6 cm³/mol. The summed E-state index contributed by atoms with van der Waals surface area (Å²) in [4.78, 5) is 11.0.